The van der Waals surface area contributed by atoms with Crippen molar-refractivity contribution in [2.24, 2.45) is 11.8 Å². The molecule has 0 N–H and O–H groups in total. The Morgan fingerprint density at radius 3 is 2.85 bits per heavy atom. The Hall–Kier alpha value is -1.88. The third kappa shape index (κ3) is 2.73. The summed E-state index contributed by atoms with van der Waals surface area (Å²) in [7, 11) is 1.43. The van der Waals surface area contributed by atoms with Crippen molar-refractivity contribution in [3.63, 3.8) is 0 Å². The van der Waals surface area contributed by atoms with Crippen LogP contribution in [0.1, 0.15) is 56.6 Å². The quantitative estimate of drug-likeness (QED) is 0.775. The Labute approximate surface area is 154 Å². The monoisotopic (exact) mass is 357 g/mol. The average molecular weight is 357 g/mol. The van der Waals surface area contributed by atoms with Crippen LogP contribution in [0.25, 0.3) is 0 Å². The van der Waals surface area contributed by atoms with Gasteiger partial charge in [0.15, 0.2) is 0 Å². The van der Waals surface area contributed by atoms with Gasteiger partial charge in [0.2, 0.25) is 5.91 Å². The van der Waals surface area contributed by atoms with Crippen LogP contribution >= 0.6 is 0 Å². The molecule has 0 radical (unpaired) electrons. The van der Waals surface area contributed by atoms with Gasteiger partial charge in [-0.2, -0.15) is 0 Å². The summed E-state index contributed by atoms with van der Waals surface area (Å²) in [5, 5.41) is 0. The van der Waals surface area contributed by atoms with Crippen molar-refractivity contribution in [1.29, 1.82) is 0 Å². The lowest BCUT2D eigenvalue weighted by molar-refractivity contribution is -0.208. The smallest absolute Gasteiger partial charge is 0.305 e. The fraction of sp³-hybridized carbons (Fsp3) is 0.619. The Bertz CT molecular complexity index is 676. The van der Waals surface area contributed by atoms with Crippen LogP contribution in [-0.4, -0.2) is 36.2 Å². The molecule has 1 amide bonds. The maximum Gasteiger partial charge on any atom is 0.305 e. The van der Waals surface area contributed by atoms with Gasteiger partial charge in [-0.05, 0) is 31.2 Å². The summed E-state index contributed by atoms with van der Waals surface area (Å²) >= 11 is 0. The summed E-state index contributed by atoms with van der Waals surface area (Å²) < 4.78 is 11.4. The highest BCUT2D eigenvalue weighted by Gasteiger charge is 2.61. The number of esters is 1. The fourth-order valence-electron chi connectivity index (χ4n) is 5.39. The molecule has 1 aromatic carbocycles. The standard InChI is InChI=1S/C21H27NO4/c1-25-20(24)13-11-17-9-5-8-16-10-12-19(23)22-18(14-26-21(16,17)22)15-6-3-2-4-7-15/h2-4,6-7,16-18H,5,8-14H2,1H3/t16-,17-,18+,21-/m1/s1. The number of hydrogen-bond donors (Lipinski definition) is 0. The molecule has 2 saturated heterocycles. The van der Waals surface area contributed by atoms with Crippen molar-refractivity contribution in [3.05, 3.63) is 35.9 Å². The van der Waals surface area contributed by atoms with E-state index in [1.54, 1.807) is 0 Å². The zero-order valence-corrected chi connectivity index (χ0v) is 15.4. The largest absolute Gasteiger partial charge is 0.469 e. The number of carbonyl (C=O) groups excluding carboxylic acids is 2. The minimum Gasteiger partial charge on any atom is -0.469 e. The number of hydrogen-bond acceptors (Lipinski definition) is 4. The van der Waals surface area contributed by atoms with Crippen molar-refractivity contribution < 1.29 is 19.1 Å². The third-order valence-electron chi connectivity index (χ3n) is 6.52. The predicted octanol–water partition coefficient (Wildman–Crippen LogP) is 3.45. The Morgan fingerprint density at radius 1 is 1.27 bits per heavy atom. The number of piperidine rings is 1. The molecule has 1 aliphatic carbocycles. The van der Waals surface area contributed by atoms with Crippen LogP contribution in [0.3, 0.4) is 0 Å². The van der Waals surface area contributed by atoms with Gasteiger partial charge >= 0.3 is 5.97 Å². The van der Waals surface area contributed by atoms with Gasteiger partial charge in [0.1, 0.15) is 5.72 Å². The van der Waals surface area contributed by atoms with E-state index in [0.717, 1.165) is 31.2 Å². The molecule has 0 unspecified atom stereocenters. The van der Waals surface area contributed by atoms with Crippen LogP contribution in [0.2, 0.25) is 0 Å². The summed E-state index contributed by atoms with van der Waals surface area (Å²) in [5.74, 6) is 0.566. The first-order valence-electron chi connectivity index (χ1n) is 9.74. The van der Waals surface area contributed by atoms with Crippen LogP contribution < -0.4 is 0 Å². The summed E-state index contributed by atoms with van der Waals surface area (Å²) in [6.45, 7) is 0.543. The molecule has 26 heavy (non-hydrogen) atoms. The second-order valence-electron chi connectivity index (χ2n) is 7.73. The maximum atomic E-state index is 13.0. The molecule has 0 aromatic heterocycles. The molecule has 4 atom stereocenters. The summed E-state index contributed by atoms with van der Waals surface area (Å²) in [4.78, 5) is 26.8. The van der Waals surface area contributed by atoms with Gasteiger partial charge in [0.25, 0.3) is 0 Å². The van der Waals surface area contributed by atoms with E-state index >= 15 is 0 Å². The first kappa shape index (κ1) is 17.5. The second-order valence-corrected chi connectivity index (χ2v) is 7.73. The van der Waals surface area contributed by atoms with Gasteiger partial charge in [-0.1, -0.05) is 36.8 Å². The number of carbonyl (C=O) groups is 2. The third-order valence-corrected chi connectivity index (χ3v) is 6.52. The number of rotatable bonds is 4. The second kappa shape index (κ2) is 7.03. The molecule has 5 heteroatoms. The lowest BCUT2D eigenvalue weighted by Crippen LogP contribution is -2.62. The van der Waals surface area contributed by atoms with E-state index in [-0.39, 0.29) is 23.8 Å². The van der Waals surface area contributed by atoms with Crippen molar-refractivity contribution in [3.8, 4) is 0 Å². The molecule has 2 aliphatic heterocycles. The first-order chi connectivity index (χ1) is 12.7. The van der Waals surface area contributed by atoms with Gasteiger partial charge < -0.3 is 14.4 Å². The summed E-state index contributed by atoms with van der Waals surface area (Å²) in [6, 6.07) is 10.2. The highest BCUT2D eigenvalue weighted by Crippen LogP contribution is 2.56. The number of amides is 1. The summed E-state index contributed by atoms with van der Waals surface area (Å²) in [5.41, 5.74) is 0.595. The highest BCUT2D eigenvalue weighted by molar-refractivity contribution is 5.79. The normalized spacial score (nSPS) is 33.5. The average Bonchev–Trinajstić information content (AvgIpc) is 3.08. The molecule has 3 aliphatic rings. The Morgan fingerprint density at radius 2 is 2.08 bits per heavy atom. The zero-order valence-electron chi connectivity index (χ0n) is 15.4. The molecule has 3 fully saturated rings. The molecule has 4 rings (SSSR count). The van der Waals surface area contributed by atoms with Crippen molar-refractivity contribution in [1.82, 2.24) is 4.90 Å². The minimum absolute atomic E-state index is 0.0229. The van der Waals surface area contributed by atoms with Gasteiger partial charge in [-0.15, -0.1) is 0 Å². The Kier molecular flexibility index (Phi) is 4.74. The van der Waals surface area contributed by atoms with E-state index < -0.39 is 5.72 Å². The molecule has 1 spiro atoms. The van der Waals surface area contributed by atoms with Crippen molar-refractivity contribution in [2.45, 2.75) is 56.7 Å². The van der Waals surface area contributed by atoms with Crippen LogP contribution in [0.5, 0.6) is 0 Å². The van der Waals surface area contributed by atoms with E-state index in [0.29, 0.717) is 31.8 Å². The van der Waals surface area contributed by atoms with Gasteiger partial charge in [0, 0.05) is 24.7 Å². The molecule has 1 aromatic rings. The van der Waals surface area contributed by atoms with Gasteiger partial charge in [0.05, 0.1) is 19.8 Å². The molecule has 1 saturated carbocycles. The van der Waals surface area contributed by atoms with E-state index in [9.17, 15) is 9.59 Å². The number of ether oxygens (including phenoxy) is 2. The van der Waals surface area contributed by atoms with Crippen LogP contribution in [0.4, 0.5) is 0 Å². The molecule has 2 heterocycles. The summed E-state index contributed by atoms with van der Waals surface area (Å²) in [6.07, 6.45) is 5.83. The van der Waals surface area contributed by atoms with E-state index in [1.807, 2.05) is 18.2 Å². The number of nitrogens with zero attached hydrogens (tertiary/aromatic N) is 1. The fourth-order valence-corrected chi connectivity index (χ4v) is 5.39. The minimum atomic E-state index is -0.540. The van der Waals surface area contributed by atoms with Crippen molar-refractivity contribution in [2.75, 3.05) is 13.7 Å². The number of methoxy groups -OCH3 is 1. The lowest BCUT2D eigenvalue weighted by atomic mass is 9.67. The topological polar surface area (TPSA) is 55.8 Å². The van der Waals surface area contributed by atoms with Crippen LogP contribution in [-0.2, 0) is 19.1 Å². The van der Waals surface area contributed by atoms with Crippen LogP contribution in [0.15, 0.2) is 30.3 Å². The first-order valence-corrected chi connectivity index (χ1v) is 9.74. The van der Waals surface area contributed by atoms with Crippen molar-refractivity contribution >= 4 is 11.9 Å². The molecule has 5 nitrogen and oxygen atoms in total. The molecule has 0 bridgehead atoms. The number of benzene rings is 1. The Balaban J connectivity index is 1.67. The maximum absolute atomic E-state index is 13.0. The SMILES string of the molecule is COC(=O)CC[C@H]1CCC[C@@H]2CCC(=O)N3[C@H](c4ccccc4)CO[C@@]123. The molecule has 140 valence electrons. The lowest BCUT2D eigenvalue weighted by Gasteiger charge is -2.54. The molecular formula is C21H27NO4. The van der Waals surface area contributed by atoms with E-state index in [4.69, 9.17) is 9.47 Å². The van der Waals surface area contributed by atoms with Gasteiger partial charge in [-0.3, -0.25) is 9.59 Å². The molecular weight excluding hydrogens is 330 g/mol. The van der Waals surface area contributed by atoms with E-state index in [2.05, 4.69) is 17.0 Å². The van der Waals surface area contributed by atoms with Gasteiger partial charge in [-0.25, -0.2) is 0 Å². The highest BCUT2D eigenvalue weighted by atomic mass is 16.5. The predicted molar refractivity (Wildman–Crippen MR) is 96.0 cm³/mol. The van der Waals surface area contributed by atoms with E-state index in [1.165, 1.54) is 7.11 Å². The van der Waals surface area contributed by atoms with Crippen LogP contribution in [0, 0.1) is 11.8 Å². The zero-order chi connectivity index (χ0) is 18.1.